The number of aromatic amines is 2. The Bertz CT molecular complexity index is 348. The van der Waals surface area contributed by atoms with Gasteiger partial charge in [0.2, 0.25) is 5.82 Å². The van der Waals surface area contributed by atoms with E-state index in [1.165, 1.54) is 0 Å². The minimum absolute atomic E-state index is 0.338. The van der Waals surface area contributed by atoms with Crippen LogP contribution in [0.25, 0.3) is 11.5 Å². The summed E-state index contributed by atoms with van der Waals surface area (Å²) < 4.78 is 0. The molecule has 4 N–H and O–H groups in total. The molecule has 2 aromatic heterocycles. The Morgan fingerprint density at radius 2 is 2.33 bits per heavy atom. The second-order valence-corrected chi connectivity index (χ2v) is 2.17. The third kappa shape index (κ3) is 1.05. The van der Waals surface area contributed by atoms with Crippen LogP contribution in [0.3, 0.4) is 0 Å². The predicted molar refractivity (Wildman–Crippen MR) is 39.7 cm³/mol. The van der Waals surface area contributed by atoms with E-state index in [-0.39, 0.29) is 0 Å². The summed E-state index contributed by atoms with van der Waals surface area (Å²) in [6, 6.07) is 0. The van der Waals surface area contributed by atoms with Gasteiger partial charge in [-0.15, -0.1) is 0 Å². The first kappa shape index (κ1) is 6.92. The lowest BCUT2D eigenvalue weighted by atomic mass is 10.4. The van der Waals surface area contributed by atoms with E-state index in [0.717, 1.165) is 0 Å². The molecule has 7 heteroatoms. The number of nitrogens with zero attached hydrogens (tertiary/aromatic N) is 4. The fraction of sp³-hybridized carbons (Fsp3) is 0.200. The van der Waals surface area contributed by atoms with Crippen molar-refractivity contribution in [3.05, 3.63) is 12.0 Å². The number of rotatable bonds is 2. The zero-order valence-electron chi connectivity index (χ0n) is 6.15. The molecule has 7 nitrogen and oxygen atoms in total. The van der Waals surface area contributed by atoms with E-state index in [2.05, 4.69) is 30.6 Å². The standard InChI is InChI=1S/C5H7N7/c6-1-4-8-5(11-10-4)3-2-7-12-9-3/h2H,1,6H2,(H,7,9,12)(H,8,10,11). The van der Waals surface area contributed by atoms with Crippen molar-refractivity contribution < 1.29 is 0 Å². The van der Waals surface area contributed by atoms with Crippen LogP contribution in [0.15, 0.2) is 6.20 Å². The highest BCUT2D eigenvalue weighted by atomic mass is 15.3. The molecule has 0 amide bonds. The van der Waals surface area contributed by atoms with Gasteiger partial charge in [-0.3, -0.25) is 5.10 Å². The molecule has 0 unspecified atom stereocenters. The summed E-state index contributed by atoms with van der Waals surface area (Å²) in [5.41, 5.74) is 5.94. The molecule has 62 valence electrons. The monoisotopic (exact) mass is 165 g/mol. The van der Waals surface area contributed by atoms with E-state index >= 15 is 0 Å². The third-order valence-electron chi connectivity index (χ3n) is 1.37. The number of hydrogen-bond acceptors (Lipinski definition) is 5. The van der Waals surface area contributed by atoms with Gasteiger partial charge in [0.05, 0.1) is 12.7 Å². The quantitative estimate of drug-likeness (QED) is 0.531. The zero-order valence-corrected chi connectivity index (χ0v) is 6.15. The number of nitrogens with one attached hydrogen (secondary N) is 2. The van der Waals surface area contributed by atoms with Gasteiger partial charge in [-0.1, -0.05) is 0 Å². The lowest BCUT2D eigenvalue weighted by Crippen LogP contribution is -1.97. The topological polar surface area (TPSA) is 109 Å². The van der Waals surface area contributed by atoms with Crippen molar-refractivity contribution in [2.24, 2.45) is 5.73 Å². The van der Waals surface area contributed by atoms with Crippen LogP contribution in [-0.2, 0) is 6.54 Å². The summed E-state index contributed by atoms with van der Waals surface area (Å²) in [5, 5.41) is 16.5. The Labute approximate surface area is 67.4 Å². The Morgan fingerprint density at radius 3 is 2.92 bits per heavy atom. The van der Waals surface area contributed by atoms with Crippen LogP contribution in [0.1, 0.15) is 5.82 Å². The van der Waals surface area contributed by atoms with E-state index in [4.69, 9.17) is 5.73 Å². The lowest BCUT2D eigenvalue weighted by Gasteiger charge is -1.82. The van der Waals surface area contributed by atoms with Crippen LogP contribution in [0.2, 0.25) is 0 Å². The summed E-state index contributed by atoms with van der Waals surface area (Å²) in [7, 11) is 0. The maximum absolute atomic E-state index is 5.34. The van der Waals surface area contributed by atoms with Crippen molar-refractivity contribution in [3.8, 4) is 11.5 Å². The first-order valence-electron chi connectivity index (χ1n) is 3.37. The molecule has 2 rings (SSSR count). The van der Waals surface area contributed by atoms with Crippen LogP contribution < -0.4 is 5.73 Å². The van der Waals surface area contributed by atoms with Gasteiger partial charge >= 0.3 is 0 Å². The van der Waals surface area contributed by atoms with Crippen LogP contribution in [-0.4, -0.2) is 30.6 Å². The Morgan fingerprint density at radius 1 is 1.42 bits per heavy atom. The highest BCUT2D eigenvalue weighted by molar-refractivity contribution is 5.45. The van der Waals surface area contributed by atoms with Gasteiger partial charge in [-0.2, -0.15) is 20.5 Å². The van der Waals surface area contributed by atoms with Crippen molar-refractivity contribution in [2.75, 3.05) is 0 Å². The van der Waals surface area contributed by atoms with Crippen molar-refractivity contribution >= 4 is 0 Å². The largest absolute Gasteiger partial charge is 0.324 e. The number of nitrogens with two attached hydrogens (primary N) is 1. The molecule has 12 heavy (non-hydrogen) atoms. The molecule has 0 spiro atoms. The molecule has 0 aliphatic carbocycles. The van der Waals surface area contributed by atoms with Gasteiger partial charge in [0, 0.05) is 0 Å². The summed E-state index contributed by atoms with van der Waals surface area (Å²) in [6.45, 7) is 0.338. The van der Waals surface area contributed by atoms with Crippen LogP contribution in [0.4, 0.5) is 0 Å². The predicted octanol–water partition coefficient (Wildman–Crippen LogP) is -0.952. The molecule has 0 aromatic carbocycles. The summed E-state index contributed by atoms with van der Waals surface area (Å²) >= 11 is 0. The van der Waals surface area contributed by atoms with Gasteiger partial charge in [0.1, 0.15) is 5.82 Å². The summed E-state index contributed by atoms with van der Waals surface area (Å²) in [4.78, 5) is 4.06. The maximum Gasteiger partial charge on any atom is 0.203 e. The third-order valence-corrected chi connectivity index (χ3v) is 1.37. The second kappa shape index (κ2) is 2.70. The van der Waals surface area contributed by atoms with Crippen molar-refractivity contribution in [2.45, 2.75) is 6.54 Å². The zero-order chi connectivity index (χ0) is 8.39. The summed E-state index contributed by atoms with van der Waals surface area (Å²) in [6.07, 6.45) is 1.55. The van der Waals surface area contributed by atoms with E-state index in [9.17, 15) is 0 Å². The van der Waals surface area contributed by atoms with Crippen LogP contribution in [0.5, 0.6) is 0 Å². The van der Waals surface area contributed by atoms with Crippen molar-refractivity contribution in [1.82, 2.24) is 30.6 Å². The molecule has 0 radical (unpaired) electrons. The average molecular weight is 165 g/mol. The van der Waals surface area contributed by atoms with E-state index in [0.29, 0.717) is 23.9 Å². The molecular weight excluding hydrogens is 158 g/mol. The highest BCUT2D eigenvalue weighted by Gasteiger charge is 2.06. The smallest absolute Gasteiger partial charge is 0.203 e. The second-order valence-electron chi connectivity index (χ2n) is 2.17. The molecule has 0 bridgehead atoms. The minimum atomic E-state index is 0.338. The number of hydrogen-bond donors (Lipinski definition) is 3. The van der Waals surface area contributed by atoms with Gasteiger partial charge in [0.15, 0.2) is 5.69 Å². The van der Waals surface area contributed by atoms with Crippen LogP contribution >= 0.6 is 0 Å². The molecular formula is C5H7N7. The first-order chi connectivity index (χ1) is 5.90. The molecule has 0 saturated heterocycles. The van der Waals surface area contributed by atoms with E-state index in [1.807, 2.05) is 0 Å². The van der Waals surface area contributed by atoms with Crippen molar-refractivity contribution in [3.63, 3.8) is 0 Å². The fourth-order valence-electron chi connectivity index (χ4n) is 0.810. The summed E-state index contributed by atoms with van der Waals surface area (Å²) in [5.74, 6) is 1.14. The fourth-order valence-corrected chi connectivity index (χ4v) is 0.810. The van der Waals surface area contributed by atoms with Gasteiger partial charge in [-0.25, -0.2) is 4.98 Å². The molecule has 0 aliphatic heterocycles. The maximum atomic E-state index is 5.34. The Balaban J connectivity index is 2.35. The Hall–Kier alpha value is -1.76. The van der Waals surface area contributed by atoms with Crippen LogP contribution in [0, 0.1) is 0 Å². The first-order valence-corrected chi connectivity index (χ1v) is 3.37. The van der Waals surface area contributed by atoms with Gasteiger partial charge < -0.3 is 5.73 Å². The normalized spacial score (nSPS) is 10.4. The van der Waals surface area contributed by atoms with Gasteiger partial charge in [0.25, 0.3) is 0 Å². The molecule has 0 atom stereocenters. The number of H-pyrrole nitrogens is 2. The molecule has 2 aromatic rings. The Kier molecular flexibility index (Phi) is 1.56. The van der Waals surface area contributed by atoms with E-state index < -0.39 is 0 Å². The highest BCUT2D eigenvalue weighted by Crippen LogP contribution is 2.07. The average Bonchev–Trinajstić information content (AvgIpc) is 2.75. The SMILES string of the molecule is NCc1nc(-c2cn[nH]n2)n[nH]1. The van der Waals surface area contributed by atoms with E-state index in [1.54, 1.807) is 6.20 Å². The number of aromatic nitrogens is 6. The molecule has 0 aliphatic rings. The van der Waals surface area contributed by atoms with Crippen molar-refractivity contribution in [1.29, 1.82) is 0 Å². The molecule has 2 heterocycles. The molecule has 0 fully saturated rings. The minimum Gasteiger partial charge on any atom is -0.324 e. The molecule has 0 saturated carbocycles. The lowest BCUT2D eigenvalue weighted by molar-refractivity contribution is 0.917. The van der Waals surface area contributed by atoms with Gasteiger partial charge in [-0.05, 0) is 0 Å².